The molecule has 0 fully saturated rings. The van der Waals surface area contributed by atoms with Crippen LogP contribution in [0, 0.1) is 0 Å². The lowest BCUT2D eigenvalue weighted by atomic mass is 10.7. The third kappa shape index (κ3) is 137. The lowest BCUT2D eigenvalue weighted by Crippen LogP contribution is -2.20. The molecular formula is C3H10N2O4S. The van der Waals surface area contributed by atoms with Gasteiger partial charge in [0, 0.05) is 6.54 Å². The summed E-state index contributed by atoms with van der Waals surface area (Å²) in [5.74, 6) is 4.82. The molecule has 62 valence electrons. The second-order valence-corrected chi connectivity index (χ2v) is 2.04. The molecule has 5 N–H and O–H groups in total. The van der Waals surface area contributed by atoms with Gasteiger partial charge >= 0.3 is 10.4 Å². The Morgan fingerprint density at radius 2 is 1.90 bits per heavy atom. The van der Waals surface area contributed by atoms with Crippen LogP contribution in [-0.2, 0) is 10.4 Å². The first kappa shape index (κ1) is 12.2. The molecule has 0 aliphatic rings. The Hall–Kier alpha value is -0.470. The van der Waals surface area contributed by atoms with Crippen LogP contribution in [0.5, 0.6) is 0 Å². The number of nitrogens with one attached hydrogen (secondary N) is 1. The number of hydrogen-bond acceptors (Lipinski definition) is 4. The van der Waals surface area contributed by atoms with E-state index in [0.717, 1.165) is 0 Å². The average Bonchev–Trinajstić information content (AvgIpc) is 1.63. The number of nitrogens with two attached hydrogens (primary N) is 1. The van der Waals surface area contributed by atoms with Crippen LogP contribution in [0.25, 0.3) is 0 Å². The molecule has 0 spiro atoms. The van der Waals surface area contributed by atoms with E-state index in [1.807, 2.05) is 0 Å². The minimum atomic E-state index is -4.67. The van der Waals surface area contributed by atoms with Crippen molar-refractivity contribution in [1.82, 2.24) is 5.43 Å². The molecule has 0 aromatic heterocycles. The molecular weight excluding hydrogens is 160 g/mol. The van der Waals surface area contributed by atoms with Gasteiger partial charge in [0.15, 0.2) is 0 Å². The van der Waals surface area contributed by atoms with E-state index < -0.39 is 10.4 Å². The van der Waals surface area contributed by atoms with Crippen LogP contribution in [0.4, 0.5) is 0 Å². The Balaban J connectivity index is 0. The second-order valence-electron chi connectivity index (χ2n) is 1.14. The van der Waals surface area contributed by atoms with Gasteiger partial charge in [0.1, 0.15) is 0 Å². The van der Waals surface area contributed by atoms with Crippen molar-refractivity contribution in [2.75, 3.05) is 6.54 Å². The Labute approximate surface area is 59.3 Å². The maximum Gasteiger partial charge on any atom is 0.394 e. The highest BCUT2D eigenvalue weighted by atomic mass is 32.3. The van der Waals surface area contributed by atoms with E-state index in [2.05, 4.69) is 12.0 Å². The van der Waals surface area contributed by atoms with Crippen molar-refractivity contribution < 1.29 is 17.5 Å². The van der Waals surface area contributed by atoms with Crippen molar-refractivity contribution in [3.05, 3.63) is 12.7 Å². The summed E-state index contributed by atoms with van der Waals surface area (Å²) in [5.41, 5.74) is 2.40. The van der Waals surface area contributed by atoms with Gasteiger partial charge in [0.2, 0.25) is 0 Å². The van der Waals surface area contributed by atoms with Crippen LogP contribution >= 0.6 is 0 Å². The predicted molar refractivity (Wildman–Crippen MR) is 36.6 cm³/mol. The third-order valence-electron chi connectivity index (χ3n) is 0.262. The van der Waals surface area contributed by atoms with Crippen molar-refractivity contribution in [2.24, 2.45) is 5.84 Å². The Morgan fingerprint density at radius 1 is 1.60 bits per heavy atom. The van der Waals surface area contributed by atoms with Crippen molar-refractivity contribution in [1.29, 1.82) is 0 Å². The fraction of sp³-hybridized carbons (Fsp3) is 0.333. The fourth-order valence-electron chi connectivity index (χ4n) is 0.0833. The van der Waals surface area contributed by atoms with Crippen LogP contribution in [0.3, 0.4) is 0 Å². The molecule has 0 aromatic carbocycles. The first-order chi connectivity index (χ1) is 4.41. The van der Waals surface area contributed by atoms with E-state index >= 15 is 0 Å². The normalized spacial score (nSPS) is 9.50. The summed E-state index contributed by atoms with van der Waals surface area (Å²) in [6.45, 7) is 4.09. The van der Waals surface area contributed by atoms with Gasteiger partial charge < -0.3 is 0 Å². The average molecular weight is 170 g/mol. The van der Waals surface area contributed by atoms with E-state index in [1.54, 1.807) is 6.08 Å². The van der Waals surface area contributed by atoms with E-state index in [-0.39, 0.29) is 0 Å². The van der Waals surface area contributed by atoms with E-state index in [4.69, 9.17) is 23.4 Å². The van der Waals surface area contributed by atoms with Crippen LogP contribution in [0.2, 0.25) is 0 Å². The van der Waals surface area contributed by atoms with Crippen molar-refractivity contribution in [3.8, 4) is 0 Å². The van der Waals surface area contributed by atoms with E-state index in [9.17, 15) is 0 Å². The lowest BCUT2D eigenvalue weighted by Gasteiger charge is -1.80. The zero-order chi connectivity index (χ0) is 8.62. The maximum atomic E-state index is 8.74. The van der Waals surface area contributed by atoms with Gasteiger partial charge in [0.25, 0.3) is 0 Å². The molecule has 0 radical (unpaired) electrons. The van der Waals surface area contributed by atoms with Gasteiger partial charge in [-0.25, -0.2) is 0 Å². The largest absolute Gasteiger partial charge is 0.394 e. The maximum absolute atomic E-state index is 8.74. The van der Waals surface area contributed by atoms with Gasteiger partial charge in [-0.2, -0.15) is 8.42 Å². The standard InChI is InChI=1S/C3H8N2.H2O4S/c1-2-3-5-4;1-5(2,3)4/h2,5H,1,3-4H2;(H2,1,2,3,4). The minimum Gasteiger partial charge on any atom is -0.271 e. The highest BCUT2D eigenvalue weighted by molar-refractivity contribution is 7.79. The first-order valence-electron chi connectivity index (χ1n) is 2.16. The number of hydrogen-bond donors (Lipinski definition) is 4. The lowest BCUT2D eigenvalue weighted by molar-refractivity contribution is 0.381. The van der Waals surface area contributed by atoms with Gasteiger partial charge in [-0.1, -0.05) is 6.08 Å². The smallest absolute Gasteiger partial charge is 0.271 e. The van der Waals surface area contributed by atoms with E-state index in [1.165, 1.54) is 0 Å². The molecule has 0 bridgehead atoms. The topological polar surface area (TPSA) is 113 Å². The summed E-state index contributed by atoms with van der Waals surface area (Å²) in [7, 11) is -4.67. The molecule has 0 rings (SSSR count). The van der Waals surface area contributed by atoms with Crippen LogP contribution in [-0.4, -0.2) is 24.1 Å². The SMILES string of the molecule is C=CCNN.O=S(=O)(O)O. The van der Waals surface area contributed by atoms with Crippen LogP contribution < -0.4 is 11.3 Å². The number of hydrazine groups is 1. The fourth-order valence-corrected chi connectivity index (χ4v) is 0.0833. The molecule has 0 heterocycles. The molecule has 7 heteroatoms. The zero-order valence-corrected chi connectivity index (χ0v) is 6.00. The number of rotatable bonds is 2. The van der Waals surface area contributed by atoms with Crippen molar-refractivity contribution in [3.63, 3.8) is 0 Å². The summed E-state index contributed by atoms with van der Waals surface area (Å²) in [6, 6.07) is 0. The predicted octanol–water partition coefficient (Wildman–Crippen LogP) is -1.02. The molecule has 0 saturated heterocycles. The molecule has 0 aromatic rings. The van der Waals surface area contributed by atoms with Crippen molar-refractivity contribution in [2.45, 2.75) is 0 Å². The molecule has 0 aliphatic heterocycles. The Bertz CT molecular complexity index is 155. The monoisotopic (exact) mass is 170 g/mol. The zero-order valence-electron chi connectivity index (χ0n) is 5.19. The molecule has 6 nitrogen and oxygen atoms in total. The van der Waals surface area contributed by atoms with Gasteiger partial charge in [-0.15, -0.1) is 6.58 Å². The molecule has 0 amide bonds. The second kappa shape index (κ2) is 6.65. The third-order valence-corrected chi connectivity index (χ3v) is 0.262. The van der Waals surface area contributed by atoms with Gasteiger partial charge in [-0.05, 0) is 0 Å². The molecule has 0 saturated carbocycles. The molecule has 0 aliphatic carbocycles. The molecule has 10 heavy (non-hydrogen) atoms. The summed E-state index contributed by atoms with van der Waals surface area (Å²) in [4.78, 5) is 0. The van der Waals surface area contributed by atoms with Crippen LogP contribution in [0.1, 0.15) is 0 Å². The first-order valence-corrected chi connectivity index (χ1v) is 3.55. The molecule has 0 unspecified atom stereocenters. The highest BCUT2D eigenvalue weighted by Crippen LogP contribution is 1.59. The quantitative estimate of drug-likeness (QED) is 0.183. The van der Waals surface area contributed by atoms with Gasteiger partial charge in [-0.3, -0.25) is 20.4 Å². The van der Waals surface area contributed by atoms with E-state index in [0.29, 0.717) is 6.54 Å². The molecule has 0 atom stereocenters. The minimum absolute atomic E-state index is 0.681. The summed E-state index contributed by atoms with van der Waals surface area (Å²) >= 11 is 0. The summed E-state index contributed by atoms with van der Waals surface area (Å²) in [5, 5.41) is 0. The van der Waals surface area contributed by atoms with Gasteiger partial charge in [0.05, 0.1) is 0 Å². The summed E-state index contributed by atoms with van der Waals surface area (Å²) in [6.07, 6.45) is 1.69. The van der Waals surface area contributed by atoms with Crippen molar-refractivity contribution >= 4 is 10.4 Å². The highest BCUT2D eigenvalue weighted by Gasteiger charge is 1.84. The Morgan fingerprint density at radius 3 is 1.90 bits per heavy atom. The van der Waals surface area contributed by atoms with Crippen LogP contribution in [0.15, 0.2) is 12.7 Å². The summed E-state index contributed by atoms with van der Waals surface area (Å²) < 4.78 is 31.6. The Kier molecular flexibility index (Phi) is 8.13.